The average molecular weight is 637 g/mol. The summed E-state index contributed by atoms with van der Waals surface area (Å²) in [6, 6.07) is 1.11. The van der Waals surface area contributed by atoms with Crippen LogP contribution in [0.15, 0.2) is 23.4 Å². The summed E-state index contributed by atoms with van der Waals surface area (Å²) in [5, 5.41) is 49.5. The summed E-state index contributed by atoms with van der Waals surface area (Å²) < 4.78 is 23.0. The Morgan fingerprint density at radius 1 is 1.16 bits per heavy atom. The Morgan fingerprint density at radius 3 is 2.40 bits per heavy atom. The third kappa shape index (κ3) is 7.95. The Balaban J connectivity index is 1.80. The summed E-state index contributed by atoms with van der Waals surface area (Å²) in [6.45, 7) is 12.8. The maximum absolute atomic E-state index is 13.0. The number of hydrogen-bond acceptors (Lipinski definition) is 12. The zero-order valence-corrected chi connectivity index (χ0v) is 27.3. The molecule has 1 amide bonds. The molecule has 0 spiro atoms. The lowest BCUT2D eigenvalue weighted by atomic mass is 9.73. The Kier molecular flexibility index (Phi) is 12.0. The van der Waals surface area contributed by atoms with Crippen LogP contribution in [-0.4, -0.2) is 102 Å². The lowest BCUT2D eigenvalue weighted by molar-refractivity contribution is -0.161. The second kappa shape index (κ2) is 14.9. The number of ether oxygens (including phenoxy) is 4. The largest absolute Gasteiger partial charge is 0.508 e. The Labute approximate surface area is 264 Å². The number of rotatable bonds is 13. The second-order valence-corrected chi connectivity index (χ2v) is 12.6. The number of phenolic OH excluding ortho intramolecular Hbond substituents is 2. The number of nitrogens with one attached hydrogen (secondary N) is 1. The third-order valence-electron chi connectivity index (χ3n) is 9.02. The summed E-state index contributed by atoms with van der Waals surface area (Å²) >= 11 is 0. The van der Waals surface area contributed by atoms with Crippen molar-refractivity contribution in [2.45, 2.75) is 103 Å². The molecule has 13 nitrogen and oxygen atoms in total. The first-order chi connectivity index (χ1) is 21.1. The van der Waals surface area contributed by atoms with Crippen LogP contribution >= 0.6 is 0 Å². The number of aromatic hydroxyl groups is 2. The van der Waals surface area contributed by atoms with E-state index in [4.69, 9.17) is 23.8 Å². The highest BCUT2D eigenvalue weighted by Crippen LogP contribution is 2.41. The summed E-state index contributed by atoms with van der Waals surface area (Å²) in [7, 11) is 4.22. The summed E-state index contributed by atoms with van der Waals surface area (Å²) in [5.41, 5.74) is 1.57. The van der Waals surface area contributed by atoms with E-state index in [2.05, 4.69) is 17.1 Å². The second-order valence-electron chi connectivity index (χ2n) is 12.6. The van der Waals surface area contributed by atoms with Crippen LogP contribution in [0.1, 0.15) is 68.4 Å². The molecule has 2 aliphatic rings. The highest BCUT2D eigenvalue weighted by molar-refractivity contribution is 5.96. The minimum Gasteiger partial charge on any atom is -0.508 e. The molecule has 3 rings (SSSR count). The minimum absolute atomic E-state index is 0.0115. The lowest BCUT2D eigenvalue weighted by Crippen LogP contribution is -2.58. The van der Waals surface area contributed by atoms with Gasteiger partial charge in [0.15, 0.2) is 12.3 Å². The van der Waals surface area contributed by atoms with Gasteiger partial charge in [0.25, 0.3) is 5.91 Å². The van der Waals surface area contributed by atoms with E-state index in [1.54, 1.807) is 20.8 Å². The van der Waals surface area contributed by atoms with Crippen LogP contribution in [0.2, 0.25) is 0 Å². The van der Waals surface area contributed by atoms with Crippen molar-refractivity contribution in [3.05, 3.63) is 34.9 Å². The molecule has 0 aromatic heterocycles. The van der Waals surface area contributed by atoms with E-state index in [0.717, 1.165) is 11.6 Å². The van der Waals surface area contributed by atoms with Crippen molar-refractivity contribution in [2.24, 2.45) is 16.5 Å². The molecule has 2 aliphatic heterocycles. The van der Waals surface area contributed by atoms with Gasteiger partial charge in [-0.15, -0.1) is 6.58 Å². The Bertz CT molecular complexity index is 1280. The predicted octanol–water partition coefficient (Wildman–Crippen LogP) is 2.49. The number of esters is 1. The van der Waals surface area contributed by atoms with Gasteiger partial charge in [0, 0.05) is 50.9 Å². The number of hydrogen-bond donors (Lipinski definition) is 5. The molecule has 8 atom stereocenters. The van der Waals surface area contributed by atoms with Gasteiger partial charge in [-0.3, -0.25) is 4.79 Å². The number of oxime groups is 1. The number of aliphatic hydroxyl groups is 2. The number of phenols is 2. The van der Waals surface area contributed by atoms with E-state index in [9.17, 15) is 30.0 Å². The molecule has 1 fully saturated rings. The van der Waals surface area contributed by atoms with Crippen LogP contribution in [0, 0.1) is 18.3 Å². The molecule has 2 heterocycles. The molecule has 0 aliphatic carbocycles. The fourth-order valence-electron chi connectivity index (χ4n) is 5.93. The van der Waals surface area contributed by atoms with Crippen molar-refractivity contribution in [3.63, 3.8) is 0 Å². The summed E-state index contributed by atoms with van der Waals surface area (Å²) in [4.78, 5) is 31.0. The van der Waals surface area contributed by atoms with Crippen LogP contribution in [0.4, 0.5) is 0 Å². The molecule has 1 aromatic carbocycles. The molecule has 13 heteroatoms. The van der Waals surface area contributed by atoms with E-state index in [1.807, 2.05) is 13.8 Å². The van der Waals surface area contributed by atoms with Gasteiger partial charge in [0.2, 0.25) is 0 Å². The number of aliphatic hydroxyl groups excluding tert-OH is 2. The molecule has 1 aromatic rings. The van der Waals surface area contributed by atoms with E-state index in [0.29, 0.717) is 16.8 Å². The standard InChI is InChI=1S/C32H48N2O11/c1-15(2)10-23(41-7)28(38)29(39)33-30(42-8)24-14-25(34-43-9)32(5,6)26(44-24)13-20(36)17(4)22-11-18-16(3)19(35)12-21(37)27(18)31(40)45-22/h12,17,20,22-24,26,28,30,35-38H,1,10-11,13-14H2,2-9H3,(H,33,39). The molecule has 8 unspecified atom stereocenters. The lowest BCUT2D eigenvalue weighted by Gasteiger charge is -2.46. The smallest absolute Gasteiger partial charge is 0.342 e. The number of methoxy groups -OCH3 is 2. The Morgan fingerprint density at radius 2 is 1.82 bits per heavy atom. The first kappa shape index (κ1) is 36.2. The number of carbonyl (C=O) groups is 2. The van der Waals surface area contributed by atoms with Gasteiger partial charge in [-0.05, 0) is 31.4 Å². The first-order valence-corrected chi connectivity index (χ1v) is 14.9. The molecule has 0 radical (unpaired) electrons. The van der Waals surface area contributed by atoms with E-state index < -0.39 is 66.1 Å². The molecular formula is C32H48N2O11. The molecule has 0 saturated carbocycles. The van der Waals surface area contributed by atoms with Gasteiger partial charge in [-0.1, -0.05) is 31.5 Å². The number of nitrogens with zero attached hydrogens (tertiary/aromatic N) is 1. The number of amides is 1. The average Bonchev–Trinajstić information content (AvgIpc) is 2.98. The van der Waals surface area contributed by atoms with Crippen molar-refractivity contribution in [2.75, 3.05) is 21.3 Å². The molecule has 0 bridgehead atoms. The summed E-state index contributed by atoms with van der Waals surface area (Å²) in [5.74, 6) is -2.52. The van der Waals surface area contributed by atoms with Crippen LogP contribution in [0.5, 0.6) is 11.5 Å². The quantitative estimate of drug-likeness (QED) is 0.0927. The van der Waals surface area contributed by atoms with Crippen LogP contribution < -0.4 is 5.32 Å². The summed E-state index contributed by atoms with van der Waals surface area (Å²) in [6.07, 6.45) is -5.70. The fourth-order valence-corrected chi connectivity index (χ4v) is 5.93. The van der Waals surface area contributed by atoms with Gasteiger partial charge in [0.1, 0.15) is 36.4 Å². The topological polar surface area (TPSA) is 186 Å². The van der Waals surface area contributed by atoms with E-state index >= 15 is 0 Å². The van der Waals surface area contributed by atoms with Crippen LogP contribution in [-0.2, 0) is 35.0 Å². The zero-order valence-electron chi connectivity index (χ0n) is 27.3. The third-order valence-corrected chi connectivity index (χ3v) is 9.02. The SMILES string of the molecule is C=C(C)CC(OC)C(O)C(=O)NC(OC)C1CC(=NOC)C(C)(C)C(CC(O)C(C)C2Cc3c(C)c(O)cc(O)c3C(=O)O2)O1. The van der Waals surface area contributed by atoms with E-state index in [-0.39, 0.29) is 42.7 Å². The van der Waals surface area contributed by atoms with Crippen molar-refractivity contribution >= 4 is 17.6 Å². The number of cyclic esters (lactones) is 1. The molecule has 5 N–H and O–H groups in total. The molecule has 45 heavy (non-hydrogen) atoms. The van der Waals surface area contributed by atoms with E-state index in [1.165, 1.54) is 21.3 Å². The van der Waals surface area contributed by atoms with Gasteiger partial charge in [-0.2, -0.15) is 0 Å². The molecule has 1 saturated heterocycles. The highest BCUT2D eigenvalue weighted by atomic mass is 16.6. The Hall–Kier alpha value is -3.23. The van der Waals surface area contributed by atoms with Crippen molar-refractivity contribution < 1.29 is 53.8 Å². The van der Waals surface area contributed by atoms with Crippen molar-refractivity contribution in [1.82, 2.24) is 5.32 Å². The fraction of sp³-hybridized carbons (Fsp3) is 0.656. The van der Waals surface area contributed by atoms with Gasteiger partial charge < -0.3 is 49.5 Å². The van der Waals surface area contributed by atoms with Gasteiger partial charge in [0.05, 0.1) is 24.0 Å². The molecule has 252 valence electrons. The predicted molar refractivity (Wildman–Crippen MR) is 164 cm³/mol. The van der Waals surface area contributed by atoms with Crippen molar-refractivity contribution in [1.29, 1.82) is 0 Å². The van der Waals surface area contributed by atoms with Gasteiger partial charge >= 0.3 is 5.97 Å². The number of benzene rings is 1. The van der Waals surface area contributed by atoms with Crippen LogP contribution in [0.25, 0.3) is 0 Å². The number of carbonyl (C=O) groups excluding carboxylic acids is 2. The first-order valence-electron chi connectivity index (χ1n) is 14.9. The van der Waals surface area contributed by atoms with Crippen LogP contribution in [0.3, 0.4) is 0 Å². The molecular weight excluding hydrogens is 588 g/mol. The normalized spacial score (nSPS) is 25.3. The minimum atomic E-state index is -1.49. The zero-order chi connectivity index (χ0) is 33.8. The maximum atomic E-state index is 13.0. The highest BCUT2D eigenvalue weighted by Gasteiger charge is 2.48. The number of fused-ring (bicyclic) bond motifs is 1. The maximum Gasteiger partial charge on any atom is 0.342 e. The van der Waals surface area contributed by atoms with Gasteiger partial charge in [-0.25, -0.2) is 4.79 Å². The van der Waals surface area contributed by atoms with Crippen molar-refractivity contribution in [3.8, 4) is 11.5 Å². The monoisotopic (exact) mass is 636 g/mol.